The van der Waals surface area contributed by atoms with Crippen LogP contribution in [0.1, 0.15) is 12.5 Å². The van der Waals surface area contributed by atoms with Gasteiger partial charge in [-0.2, -0.15) is 0 Å². The van der Waals surface area contributed by atoms with Gasteiger partial charge < -0.3 is 11.1 Å². The van der Waals surface area contributed by atoms with Crippen LogP contribution in [0.2, 0.25) is 0 Å². The van der Waals surface area contributed by atoms with Crippen molar-refractivity contribution in [3.63, 3.8) is 0 Å². The SMILES string of the molecule is CC(=O)Nc1ccc(CN)c(F)c1. The molecule has 0 saturated heterocycles. The summed E-state index contributed by atoms with van der Waals surface area (Å²) in [5.74, 6) is -0.617. The molecule has 0 unspecified atom stereocenters. The Morgan fingerprint density at radius 3 is 2.77 bits per heavy atom. The van der Waals surface area contributed by atoms with Gasteiger partial charge in [0, 0.05) is 24.7 Å². The number of carbonyl (C=O) groups excluding carboxylic acids is 1. The number of nitrogens with one attached hydrogen (secondary N) is 1. The predicted molar refractivity (Wildman–Crippen MR) is 48.6 cm³/mol. The molecule has 0 atom stereocenters. The molecular weight excluding hydrogens is 171 g/mol. The fraction of sp³-hybridized carbons (Fsp3) is 0.222. The summed E-state index contributed by atoms with van der Waals surface area (Å²) in [6.45, 7) is 1.53. The third-order valence-corrected chi connectivity index (χ3v) is 1.59. The summed E-state index contributed by atoms with van der Waals surface area (Å²) >= 11 is 0. The molecule has 1 rings (SSSR count). The highest BCUT2D eigenvalue weighted by atomic mass is 19.1. The van der Waals surface area contributed by atoms with Gasteiger partial charge >= 0.3 is 0 Å². The maximum absolute atomic E-state index is 13.1. The third-order valence-electron chi connectivity index (χ3n) is 1.59. The molecule has 13 heavy (non-hydrogen) atoms. The zero-order chi connectivity index (χ0) is 9.84. The molecule has 4 heteroatoms. The first-order chi connectivity index (χ1) is 6.13. The summed E-state index contributed by atoms with van der Waals surface area (Å²) in [6, 6.07) is 4.43. The highest BCUT2D eigenvalue weighted by molar-refractivity contribution is 5.88. The number of carbonyl (C=O) groups is 1. The predicted octanol–water partition coefficient (Wildman–Crippen LogP) is 1.24. The summed E-state index contributed by atoms with van der Waals surface area (Å²) in [6.07, 6.45) is 0. The van der Waals surface area contributed by atoms with Crippen LogP contribution in [0.15, 0.2) is 18.2 Å². The Morgan fingerprint density at radius 1 is 1.62 bits per heavy atom. The van der Waals surface area contributed by atoms with Gasteiger partial charge in [0.1, 0.15) is 5.82 Å². The average molecular weight is 182 g/mol. The minimum atomic E-state index is -0.395. The topological polar surface area (TPSA) is 55.1 Å². The second kappa shape index (κ2) is 4.00. The van der Waals surface area contributed by atoms with E-state index in [2.05, 4.69) is 5.32 Å². The van der Waals surface area contributed by atoms with Crippen molar-refractivity contribution < 1.29 is 9.18 Å². The number of hydrogen-bond acceptors (Lipinski definition) is 2. The monoisotopic (exact) mass is 182 g/mol. The molecule has 0 aliphatic heterocycles. The molecule has 70 valence electrons. The molecule has 1 aromatic rings. The Labute approximate surface area is 75.7 Å². The minimum absolute atomic E-state index is 0.159. The summed E-state index contributed by atoms with van der Waals surface area (Å²) in [7, 11) is 0. The lowest BCUT2D eigenvalue weighted by molar-refractivity contribution is -0.114. The van der Waals surface area contributed by atoms with Crippen LogP contribution in [0.4, 0.5) is 10.1 Å². The van der Waals surface area contributed by atoms with Gasteiger partial charge in [-0.1, -0.05) is 6.07 Å². The molecule has 3 N–H and O–H groups in total. The maximum atomic E-state index is 13.1. The normalized spacial score (nSPS) is 9.77. The van der Waals surface area contributed by atoms with Crippen LogP contribution in [-0.4, -0.2) is 5.91 Å². The molecule has 0 spiro atoms. The molecule has 0 aliphatic carbocycles. The van der Waals surface area contributed by atoms with Crippen LogP contribution in [0.25, 0.3) is 0 Å². The van der Waals surface area contributed by atoms with Gasteiger partial charge in [0.2, 0.25) is 5.91 Å². The zero-order valence-electron chi connectivity index (χ0n) is 7.30. The standard InChI is InChI=1S/C9H11FN2O/c1-6(13)12-8-3-2-7(5-11)9(10)4-8/h2-4H,5,11H2,1H3,(H,12,13). The fourth-order valence-corrected chi connectivity index (χ4v) is 0.994. The van der Waals surface area contributed by atoms with Crippen LogP contribution in [0, 0.1) is 5.82 Å². The van der Waals surface area contributed by atoms with Crippen molar-refractivity contribution in [3.05, 3.63) is 29.6 Å². The quantitative estimate of drug-likeness (QED) is 0.723. The third kappa shape index (κ3) is 2.52. The summed E-state index contributed by atoms with van der Waals surface area (Å²) < 4.78 is 13.1. The van der Waals surface area contributed by atoms with E-state index in [1.807, 2.05) is 0 Å². The number of rotatable bonds is 2. The summed E-state index contributed by atoms with van der Waals surface area (Å²) in [4.78, 5) is 10.6. The van der Waals surface area contributed by atoms with Crippen LogP contribution in [0.3, 0.4) is 0 Å². The average Bonchev–Trinajstić information content (AvgIpc) is 2.03. The molecule has 1 amide bonds. The molecule has 0 aromatic heterocycles. The molecule has 0 heterocycles. The number of hydrogen-bond donors (Lipinski definition) is 2. The second-order valence-electron chi connectivity index (χ2n) is 2.69. The van der Waals surface area contributed by atoms with E-state index in [-0.39, 0.29) is 12.5 Å². The number of benzene rings is 1. The van der Waals surface area contributed by atoms with Crippen LogP contribution in [0.5, 0.6) is 0 Å². The fourth-order valence-electron chi connectivity index (χ4n) is 0.994. The first-order valence-corrected chi connectivity index (χ1v) is 3.89. The Balaban J connectivity index is 2.89. The number of anilines is 1. The van der Waals surface area contributed by atoms with E-state index in [9.17, 15) is 9.18 Å². The second-order valence-corrected chi connectivity index (χ2v) is 2.69. The lowest BCUT2D eigenvalue weighted by atomic mass is 10.2. The molecule has 0 aliphatic rings. The number of amides is 1. The maximum Gasteiger partial charge on any atom is 0.221 e. The zero-order valence-corrected chi connectivity index (χ0v) is 7.30. The first kappa shape index (κ1) is 9.67. The van der Waals surface area contributed by atoms with E-state index in [1.165, 1.54) is 13.0 Å². The van der Waals surface area contributed by atoms with Gasteiger partial charge in [-0.25, -0.2) is 4.39 Å². The number of halogens is 1. The van der Waals surface area contributed by atoms with Gasteiger partial charge in [-0.05, 0) is 12.1 Å². The van der Waals surface area contributed by atoms with Gasteiger partial charge in [-0.15, -0.1) is 0 Å². The van der Waals surface area contributed by atoms with Gasteiger partial charge in [-0.3, -0.25) is 4.79 Å². The summed E-state index contributed by atoms with van der Waals surface area (Å²) in [5.41, 5.74) is 6.16. The van der Waals surface area contributed by atoms with Crippen LogP contribution in [-0.2, 0) is 11.3 Å². The van der Waals surface area contributed by atoms with Gasteiger partial charge in [0.25, 0.3) is 0 Å². The Hall–Kier alpha value is -1.42. The van der Waals surface area contributed by atoms with Crippen molar-refractivity contribution in [3.8, 4) is 0 Å². The van der Waals surface area contributed by atoms with Crippen molar-refractivity contribution >= 4 is 11.6 Å². The molecule has 0 bridgehead atoms. The Morgan fingerprint density at radius 2 is 2.31 bits per heavy atom. The molecular formula is C9H11FN2O. The smallest absolute Gasteiger partial charge is 0.221 e. The minimum Gasteiger partial charge on any atom is -0.326 e. The summed E-state index contributed by atoms with van der Waals surface area (Å²) in [5, 5.41) is 2.48. The van der Waals surface area contributed by atoms with Gasteiger partial charge in [0.05, 0.1) is 0 Å². The highest BCUT2D eigenvalue weighted by Gasteiger charge is 2.02. The lowest BCUT2D eigenvalue weighted by Gasteiger charge is -2.04. The Kier molecular flexibility index (Phi) is 2.97. The van der Waals surface area contributed by atoms with E-state index in [0.717, 1.165) is 0 Å². The van der Waals surface area contributed by atoms with E-state index < -0.39 is 5.82 Å². The van der Waals surface area contributed by atoms with Crippen molar-refractivity contribution in [2.24, 2.45) is 5.73 Å². The molecule has 1 aromatic carbocycles. The first-order valence-electron chi connectivity index (χ1n) is 3.89. The van der Waals surface area contributed by atoms with Crippen molar-refractivity contribution in [2.45, 2.75) is 13.5 Å². The van der Waals surface area contributed by atoms with E-state index in [4.69, 9.17) is 5.73 Å². The van der Waals surface area contributed by atoms with Crippen molar-refractivity contribution in [2.75, 3.05) is 5.32 Å². The molecule has 0 radical (unpaired) electrons. The highest BCUT2D eigenvalue weighted by Crippen LogP contribution is 2.13. The lowest BCUT2D eigenvalue weighted by Crippen LogP contribution is -2.07. The van der Waals surface area contributed by atoms with E-state index in [1.54, 1.807) is 12.1 Å². The van der Waals surface area contributed by atoms with E-state index in [0.29, 0.717) is 11.3 Å². The molecule has 0 fully saturated rings. The number of nitrogens with two attached hydrogens (primary N) is 1. The van der Waals surface area contributed by atoms with Crippen molar-refractivity contribution in [1.82, 2.24) is 0 Å². The molecule has 3 nitrogen and oxygen atoms in total. The Bertz CT molecular complexity index is 325. The van der Waals surface area contributed by atoms with Gasteiger partial charge in [0.15, 0.2) is 0 Å². The van der Waals surface area contributed by atoms with Crippen LogP contribution < -0.4 is 11.1 Å². The molecule has 0 saturated carbocycles. The van der Waals surface area contributed by atoms with Crippen molar-refractivity contribution in [1.29, 1.82) is 0 Å². The largest absolute Gasteiger partial charge is 0.326 e. The van der Waals surface area contributed by atoms with Crippen LogP contribution >= 0.6 is 0 Å². The van der Waals surface area contributed by atoms with E-state index >= 15 is 0 Å².